The van der Waals surface area contributed by atoms with Crippen LogP contribution in [-0.2, 0) is 0 Å². The lowest BCUT2D eigenvalue weighted by atomic mass is 10.2. The summed E-state index contributed by atoms with van der Waals surface area (Å²) in [5.74, 6) is -0.276. The van der Waals surface area contributed by atoms with E-state index in [1.165, 1.54) is 11.3 Å². The van der Waals surface area contributed by atoms with E-state index >= 15 is 0 Å². The van der Waals surface area contributed by atoms with Gasteiger partial charge < -0.3 is 10.3 Å². The third-order valence-electron chi connectivity index (χ3n) is 2.68. The van der Waals surface area contributed by atoms with Crippen molar-refractivity contribution in [2.75, 3.05) is 0 Å². The van der Waals surface area contributed by atoms with Gasteiger partial charge in [-0.1, -0.05) is 6.07 Å². The van der Waals surface area contributed by atoms with E-state index in [-0.39, 0.29) is 17.6 Å². The first-order chi connectivity index (χ1) is 8.72. The maximum atomic E-state index is 11.8. The largest absolute Gasteiger partial charge is 0.348 e. The fraction of sp³-hybridized carbons (Fsp3) is 0.250. The molecule has 18 heavy (non-hydrogen) atoms. The number of rotatable bonds is 3. The molecule has 5 nitrogen and oxygen atoms in total. The Labute approximate surface area is 107 Å². The molecular weight excluding hydrogens is 250 g/mol. The number of nitrogens with zero attached hydrogens (tertiary/aromatic N) is 1. The molecule has 0 bridgehead atoms. The van der Waals surface area contributed by atoms with E-state index in [0.717, 1.165) is 17.7 Å². The summed E-state index contributed by atoms with van der Waals surface area (Å²) in [6.45, 7) is 0. The van der Waals surface area contributed by atoms with Gasteiger partial charge in [0, 0.05) is 6.04 Å². The third-order valence-corrected chi connectivity index (χ3v) is 3.58. The quantitative estimate of drug-likeness (QED) is 0.876. The molecule has 0 aromatic carbocycles. The van der Waals surface area contributed by atoms with Gasteiger partial charge in [-0.05, 0) is 30.4 Å². The summed E-state index contributed by atoms with van der Waals surface area (Å²) >= 11 is 1.50. The Bertz CT molecular complexity index is 629. The Morgan fingerprint density at radius 1 is 1.50 bits per heavy atom. The van der Waals surface area contributed by atoms with Crippen LogP contribution in [0.1, 0.15) is 23.3 Å². The van der Waals surface area contributed by atoms with Crippen LogP contribution in [0.25, 0.3) is 10.6 Å². The summed E-state index contributed by atoms with van der Waals surface area (Å²) in [4.78, 5) is 30.6. The van der Waals surface area contributed by atoms with Gasteiger partial charge in [-0.3, -0.25) is 4.79 Å². The van der Waals surface area contributed by atoms with Crippen molar-refractivity contribution in [1.29, 1.82) is 0 Å². The van der Waals surface area contributed by atoms with Crippen LogP contribution in [0.2, 0.25) is 0 Å². The van der Waals surface area contributed by atoms with Crippen molar-refractivity contribution < 1.29 is 4.79 Å². The minimum atomic E-state index is -0.498. The normalized spacial score (nSPS) is 14.4. The van der Waals surface area contributed by atoms with Crippen molar-refractivity contribution in [3.05, 3.63) is 39.8 Å². The number of carbonyl (C=O) groups is 1. The lowest BCUT2D eigenvalue weighted by molar-refractivity contribution is 0.0945. The zero-order valence-corrected chi connectivity index (χ0v) is 10.3. The molecule has 1 aliphatic carbocycles. The highest BCUT2D eigenvalue weighted by molar-refractivity contribution is 7.13. The Kier molecular flexibility index (Phi) is 2.71. The van der Waals surface area contributed by atoms with E-state index in [2.05, 4.69) is 15.3 Å². The number of aromatic amines is 1. The number of H-pyrrole nitrogens is 1. The van der Waals surface area contributed by atoms with Crippen molar-refractivity contribution >= 4 is 17.2 Å². The molecule has 2 N–H and O–H groups in total. The van der Waals surface area contributed by atoms with Crippen LogP contribution < -0.4 is 11.0 Å². The number of amides is 1. The number of nitrogens with one attached hydrogen (secondary N) is 2. The molecule has 92 valence electrons. The summed E-state index contributed by atoms with van der Waals surface area (Å²) in [6, 6.07) is 5.65. The molecule has 1 aliphatic rings. The first kappa shape index (κ1) is 11.2. The smallest absolute Gasteiger partial charge is 0.346 e. The zero-order valence-electron chi connectivity index (χ0n) is 9.47. The fourth-order valence-electron chi connectivity index (χ4n) is 1.63. The fourth-order valence-corrected chi connectivity index (χ4v) is 2.32. The number of hydrogen-bond acceptors (Lipinski definition) is 4. The lowest BCUT2D eigenvalue weighted by Crippen LogP contribution is -2.28. The van der Waals surface area contributed by atoms with Crippen molar-refractivity contribution in [3.63, 3.8) is 0 Å². The minimum Gasteiger partial charge on any atom is -0.348 e. The van der Waals surface area contributed by atoms with E-state index in [9.17, 15) is 9.59 Å². The predicted molar refractivity (Wildman–Crippen MR) is 68.7 cm³/mol. The van der Waals surface area contributed by atoms with Crippen LogP contribution in [0, 0.1) is 0 Å². The molecule has 1 fully saturated rings. The monoisotopic (exact) mass is 261 g/mol. The van der Waals surface area contributed by atoms with Crippen LogP contribution in [0.15, 0.2) is 28.4 Å². The van der Waals surface area contributed by atoms with Gasteiger partial charge >= 0.3 is 5.69 Å². The molecule has 0 aliphatic heterocycles. The molecule has 0 spiro atoms. The standard InChI is InChI=1S/C12H11N3O2S/c16-11(13-7-3-4-7)9-6-8(14-12(17)15-9)10-2-1-5-18-10/h1-2,5-7H,3-4H2,(H,13,16)(H,14,15,17). The molecule has 0 radical (unpaired) electrons. The topological polar surface area (TPSA) is 74.8 Å². The second-order valence-electron chi connectivity index (χ2n) is 4.21. The summed E-state index contributed by atoms with van der Waals surface area (Å²) < 4.78 is 0. The van der Waals surface area contributed by atoms with Gasteiger partial charge in [0.05, 0.1) is 10.6 Å². The molecule has 6 heteroatoms. The van der Waals surface area contributed by atoms with Crippen molar-refractivity contribution in [1.82, 2.24) is 15.3 Å². The van der Waals surface area contributed by atoms with Crippen LogP contribution in [-0.4, -0.2) is 21.9 Å². The number of thiophene rings is 1. The summed E-state index contributed by atoms with van der Waals surface area (Å²) in [5.41, 5.74) is 0.307. The van der Waals surface area contributed by atoms with Gasteiger partial charge in [-0.2, -0.15) is 4.98 Å². The highest BCUT2D eigenvalue weighted by Crippen LogP contribution is 2.22. The average molecular weight is 261 g/mol. The minimum absolute atomic E-state index is 0.175. The van der Waals surface area contributed by atoms with Gasteiger partial charge in [0.25, 0.3) is 5.91 Å². The van der Waals surface area contributed by atoms with Gasteiger partial charge in [0.15, 0.2) is 0 Å². The summed E-state index contributed by atoms with van der Waals surface area (Å²) in [6.07, 6.45) is 2.01. The Morgan fingerprint density at radius 3 is 3.00 bits per heavy atom. The van der Waals surface area contributed by atoms with Crippen LogP contribution >= 0.6 is 11.3 Å². The maximum Gasteiger partial charge on any atom is 0.346 e. The van der Waals surface area contributed by atoms with Gasteiger partial charge in [-0.15, -0.1) is 11.3 Å². The van der Waals surface area contributed by atoms with E-state index in [4.69, 9.17) is 0 Å². The molecule has 3 rings (SSSR count). The van der Waals surface area contributed by atoms with E-state index in [0.29, 0.717) is 5.69 Å². The van der Waals surface area contributed by atoms with Crippen molar-refractivity contribution in [3.8, 4) is 10.6 Å². The van der Waals surface area contributed by atoms with Crippen molar-refractivity contribution in [2.45, 2.75) is 18.9 Å². The number of aromatic nitrogens is 2. The third kappa shape index (κ3) is 2.33. The second kappa shape index (κ2) is 4.38. The molecule has 2 aromatic rings. The van der Waals surface area contributed by atoms with Gasteiger partial charge in [-0.25, -0.2) is 4.79 Å². The van der Waals surface area contributed by atoms with Crippen molar-refractivity contribution in [2.24, 2.45) is 0 Å². The molecule has 0 atom stereocenters. The van der Waals surface area contributed by atoms with Gasteiger partial charge in [0.1, 0.15) is 5.69 Å². The van der Waals surface area contributed by atoms with Crippen LogP contribution in [0.5, 0.6) is 0 Å². The Balaban J connectivity index is 1.95. The number of carbonyl (C=O) groups excluding carboxylic acids is 1. The molecule has 2 aromatic heterocycles. The zero-order chi connectivity index (χ0) is 12.5. The van der Waals surface area contributed by atoms with E-state index in [1.54, 1.807) is 6.07 Å². The SMILES string of the molecule is O=C(NC1CC1)c1cc(-c2cccs2)[nH]c(=O)n1. The van der Waals surface area contributed by atoms with E-state index in [1.807, 2.05) is 17.5 Å². The second-order valence-corrected chi connectivity index (χ2v) is 5.16. The van der Waals surface area contributed by atoms with Gasteiger partial charge in [0.2, 0.25) is 0 Å². The van der Waals surface area contributed by atoms with Crippen LogP contribution in [0.3, 0.4) is 0 Å². The lowest BCUT2D eigenvalue weighted by Gasteiger charge is -2.03. The molecule has 1 amide bonds. The molecule has 0 saturated heterocycles. The first-order valence-electron chi connectivity index (χ1n) is 5.68. The predicted octanol–water partition coefficient (Wildman–Crippen LogP) is 1.39. The summed E-state index contributed by atoms with van der Waals surface area (Å²) in [5, 5.41) is 4.73. The average Bonchev–Trinajstić information content (AvgIpc) is 2.99. The maximum absolute atomic E-state index is 11.8. The summed E-state index contributed by atoms with van der Waals surface area (Å²) in [7, 11) is 0. The van der Waals surface area contributed by atoms with E-state index < -0.39 is 5.69 Å². The highest BCUT2D eigenvalue weighted by Gasteiger charge is 2.24. The molecule has 0 unspecified atom stereocenters. The molecular formula is C12H11N3O2S. The first-order valence-corrected chi connectivity index (χ1v) is 6.56. The Morgan fingerprint density at radius 2 is 2.33 bits per heavy atom. The number of hydrogen-bond donors (Lipinski definition) is 2. The molecule has 1 saturated carbocycles. The van der Waals surface area contributed by atoms with Crippen LogP contribution in [0.4, 0.5) is 0 Å². The Hall–Kier alpha value is -1.95. The molecule has 2 heterocycles. The highest BCUT2D eigenvalue weighted by atomic mass is 32.1.